The molecular weight excluding hydrogens is 356 g/mol. The average molecular weight is 373 g/mol. The van der Waals surface area contributed by atoms with Gasteiger partial charge in [-0.2, -0.15) is 5.26 Å². The Hall–Kier alpha value is -2.49. The molecule has 0 bridgehead atoms. The molecule has 0 aliphatic heterocycles. The van der Waals surface area contributed by atoms with Crippen molar-refractivity contribution < 1.29 is 4.79 Å². The van der Waals surface area contributed by atoms with Gasteiger partial charge in [-0.15, -0.1) is 0 Å². The van der Waals surface area contributed by atoms with Gasteiger partial charge in [-0.1, -0.05) is 37.2 Å². The molecule has 0 radical (unpaired) electrons. The molecule has 0 spiro atoms. The molecule has 5 nitrogen and oxygen atoms in total. The van der Waals surface area contributed by atoms with Crippen LogP contribution in [0, 0.1) is 11.3 Å². The van der Waals surface area contributed by atoms with Gasteiger partial charge in [0.05, 0.1) is 28.4 Å². The van der Waals surface area contributed by atoms with Gasteiger partial charge in [-0.05, 0) is 42.5 Å². The second-order valence-corrected chi connectivity index (χ2v) is 6.13. The predicted octanol–water partition coefficient (Wildman–Crippen LogP) is 4.84. The van der Waals surface area contributed by atoms with Crippen molar-refractivity contribution in [2.45, 2.75) is 19.0 Å². The van der Waals surface area contributed by atoms with E-state index in [1.54, 1.807) is 36.4 Å². The van der Waals surface area contributed by atoms with Crippen molar-refractivity contribution in [1.29, 1.82) is 5.26 Å². The third-order valence-corrected chi connectivity index (χ3v) is 4.17. The number of imidazole rings is 1. The van der Waals surface area contributed by atoms with Crippen molar-refractivity contribution >= 4 is 46.0 Å². The van der Waals surface area contributed by atoms with E-state index in [1.807, 2.05) is 26.0 Å². The van der Waals surface area contributed by atoms with Crippen LogP contribution in [0.5, 0.6) is 0 Å². The van der Waals surface area contributed by atoms with Crippen LogP contribution in [0.1, 0.15) is 19.4 Å². The highest BCUT2D eigenvalue weighted by Crippen LogP contribution is 2.22. The second kappa shape index (κ2) is 9.11. The summed E-state index contributed by atoms with van der Waals surface area (Å²) >= 11 is 7.24. The van der Waals surface area contributed by atoms with E-state index < -0.39 is 0 Å². The summed E-state index contributed by atoms with van der Waals surface area (Å²) in [4.78, 5) is 19.5. The number of halogens is 1. The number of nitrogens with one attached hydrogen (secondary N) is 2. The zero-order chi connectivity index (χ0) is 18.2. The molecule has 128 valence electrons. The molecule has 2 N–H and O–H groups in total. The minimum absolute atomic E-state index is 0.141. The van der Waals surface area contributed by atoms with Gasteiger partial charge < -0.3 is 10.3 Å². The molecule has 3 rings (SSSR count). The number of fused-ring (bicyclic) bond motifs is 1. The number of amides is 1. The van der Waals surface area contributed by atoms with Crippen LogP contribution in [0.3, 0.4) is 0 Å². The van der Waals surface area contributed by atoms with Gasteiger partial charge in [-0.3, -0.25) is 4.79 Å². The highest BCUT2D eigenvalue weighted by molar-refractivity contribution is 7.99. The summed E-state index contributed by atoms with van der Waals surface area (Å²) < 4.78 is 0. The first-order chi connectivity index (χ1) is 12.1. The van der Waals surface area contributed by atoms with Crippen LogP contribution in [0.25, 0.3) is 11.0 Å². The molecular formula is C18H17ClN4OS. The van der Waals surface area contributed by atoms with Crippen LogP contribution >= 0.6 is 23.4 Å². The van der Waals surface area contributed by atoms with E-state index in [0.29, 0.717) is 21.4 Å². The maximum absolute atomic E-state index is 11.9. The van der Waals surface area contributed by atoms with Gasteiger partial charge in [0.2, 0.25) is 5.91 Å². The summed E-state index contributed by atoms with van der Waals surface area (Å²) in [6.45, 7) is 4.00. The Morgan fingerprint density at radius 1 is 1.28 bits per heavy atom. The number of anilines is 1. The number of H-pyrrole nitrogens is 1. The summed E-state index contributed by atoms with van der Waals surface area (Å²) in [5, 5.41) is 12.8. The van der Waals surface area contributed by atoms with Crippen molar-refractivity contribution in [3.8, 4) is 6.07 Å². The van der Waals surface area contributed by atoms with E-state index in [9.17, 15) is 4.79 Å². The standard InChI is InChI=1S/C16H11ClN4OS.C2H6/c17-11-3-6-13-14(7-11)21-16(20-13)23-9-15(22)19-12-4-1-10(8-18)2-5-12;1-2/h1-7H,9H2,(H,19,22)(H,20,21);1-2H3. The largest absolute Gasteiger partial charge is 0.333 e. The lowest BCUT2D eigenvalue weighted by Crippen LogP contribution is -2.14. The maximum Gasteiger partial charge on any atom is 0.234 e. The van der Waals surface area contributed by atoms with Crippen LogP contribution in [-0.4, -0.2) is 21.6 Å². The van der Waals surface area contributed by atoms with E-state index in [0.717, 1.165) is 11.0 Å². The minimum atomic E-state index is -0.141. The normalized spacial score (nSPS) is 9.84. The molecule has 0 atom stereocenters. The molecule has 0 aliphatic rings. The first-order valence-corrected chi connectivity index (χ1v) is 9.08. The van der Waals surface area contributed by atoms with Crippen LogP contribution in [0.15, 0.2) is 47.6 Å². The Morgan fingerprint density at radius 3 is 2.68 bits per heavy atom. The number of rotatable bonds is 4. The third-order valence-electron chi connectivity index (χ3n) is 3.06. The summed E-state index contributed by atoms with van der Waals surface area (Å²) in [6.07, 6.45) is 0. The molecule has 0 saturated carbocycles. The summed E-state index contributed by atoms with van der Waals surface area (Å²) in [6, 6.07) is 14.1. The molecule has 0 unspecified atom stereocenters. The lowest BCUT2D eigenvalue weighted by molar-refractivity contribution is -0.113. The van der Waals surface area contributed by atoms with Crippen molar-refractivity contribution in [2.75, 3.05) is 11.1 Å². The van der Waals surface area contributed by atoms with Gasteiger partial charge in [0.1, 0.15) is 0 Å². The zero-order valence-electron chi connectivity index (χ0n) is 13.8. The Balaban J connectivity index is 0.00000109. The van der Waals surface area contributed by atoms with Gasteiger partial charge in [0.25, 0.3) is 0 Å². The lowest BCUT2D eigenvalue weighted by atomic mass is 10.2. The minimum Gasteiger partial charge on any atom is -0.333 e. The van der Waals surface area contributed by atoms with Crippen molar-refractivity contribution in [1.82, 2.24) is 9.97 Å². The number of carbonyl (C=O) groups is 1. The topological polar surface area (TPSA) is 81.6 Å². The lowest BCUT2D eigenvalue weighted by Gasteiger charge is -2.03. The number of carbonyl (C=O) groups excluding carboxylic acids is 1. The van der Waals surface area contributed by atoms with Crippen molar-refractivity contribution in [3.05, 3.63) is 53.1 Å². The van der Waals surface area contributed by atoms with E-state index >= 15 is 0 Å². The van der Waals surface area contributed by atoms with Gasteiger partial charge in [0, 0.05) is 10.7 Å². The van der Waals surface area contributed by atoms with Crippen molar-refractivity contribution in [3.63, 3.8) is 0 Å². The molecule has 0 saturated heterocycles. The molecule has 0 aliphatic carbocycles. The van der Waals surface area contributed by atoms with Crippen LogP contribution in [0.2, 0.25) is 5.02 Å². The molecule has 0 fully saturated rings. The first kappa shape index (κ1) is 18.8. The number of hydrogen-bond acceptors (Lipinski definition) is 4. The Labute approximate surface area is 155 Å². The van der Waals surface area contributed by atoms with Crippen LogP contribution in [-0.2, 0) is 4.79 Å². The number of hydrogen-bond donors (Lipinski definition) is 2. The SMILES string of the molecule is CC.N#Cc1ccc(NC(=O)CSc2nc3ccc(Cl)cc3[nH]2)cc1. The third kappa shape index (κ3) is 5.24. The van der Waals surface area contributed by atoms with E-state index in [4.69, 9.17) is 16.9 Å². The summed E-state index contributed by atoms with van der Waals surface area (Å²) in [5.74, 6) is 0.0892. The van der Waals surface area contributed by atoms with Gasteiger partial charge >= 0.3 is 0 Å². The molecule has 1 heterocycles. The monoisotopic (exact) mass is 372 g/mol. The highest BCUT2D eigenvalue weighted by Gasteiger charge is 2.08. The first-order valence-electron chi connectivity index (χ1n) is 7.72. The fraction of sp³-hybridized carbons (Fsp3) is 0.167. The molecule has 25 heavy (non-hydrogen) atoms. The van der Waals surface area contributed by atoms with Crippen LogP contribution in [0.4, 0.5) is 5.69 Å². The number of aromatic amines is 1. The fourth-order valence-corrected chi connectivity index (χ4v) is 2.84. The predicted molar refractivity (Wildman–Crippen MR) is 103 cm³/mol. The number of aromatic nitrogens is 2. The molecule has 7 heteroatoms. The Bertz CT molecular complexity index is 900. The number of nitriles is 1. The van der Waals surface area contributed by atoms with E-state index in [-0.39, 0.29) is 11.7 Å². The average Bonchev–Trinajstić information content (AvgIpc) is 3.04. The smallest absolute Gasteiger partial charge is 0.234 e. The van der Waals surface area contributed by atoms with Crippen molar-refractivity contribution in [2.24, 2.45) is 0 Å². The van der Waals surface area contributed by atoms with E-state index in [2.05, 4.69) is 15.3 Å². The molecule has 1 amide bonds. The molecule has 2 aromatic carbocycles. The van der Waals surface area contributed by atoms with Gasteiger partial charge in [-0.25, -0.2) is 4.98 Å². The maximum atomic E-state index is 11.9. The summed E-state index contributed by atoms with van der Waals surface area (Å²) in [5.41, 5.74) is 2.86. The highest BCUT2D eigenvalue weighted by atomic mass is 35.5. The molecule has 3 aromatic rings. The van der Waals surface area contributed by atoms with Crippen LogP contribution < -0.4 is 5.32 Å². The van der Waals surface area contributed by atoms with Gasteiger partial charge in [0.15, 0.2) is 5.16 Å². The number of nitrogens with zero attached hydrogens (tertiary/aromatic N) is 2. The Kier molecular flexibility index (Phi) is 6.87. The fourth-order valence-electron chi connectivity index (χ4n) is 1.99. The Morgan fingerprint density at radius 2 is 2.00 bits per heavy atom. The molecule has 1 aromatic heterocycles. The number of thioether (sulfide) groups is 1. The van der Waals surface area contributed by atoms with E-state index in [1.165, 1.54) is 11.8 Å². The summed E-state index contributed by atoms with van der Waals surface area (Å²) in [7, 11) is 0. The zero-order valence-corrected chi connectivity index (χ0v) is 15.4. The quantitative estimate of drug-likeness (QED) is 0.641. The second-order valence-electron chi connectivity index (χ2n) is 4.73. The number of benzene rings is 2.